The zero-order chi connectivity index (χ0) is 19.3. The Kier molecular flexibility index (Phi) is 3.83. The number of benzene rings is 2. The monoisotopic (exact) mass is 371 g/mol. The number of Topliss-reactive ketones (excluding diaryl/α,β-unsaturated/α-hetero) is 1. The largest absolute Gasteiger partial charge is 0.343 e. The van der Waals surface area contributed by atoms with Crippen LogP contribution in [0.15, 0.2) is 70.7 Å². The molecule has 0 spiro atoms. The number of carbonyl (C=O) groups excluding carboxylic acids is 1. The average molecular weight is 371 g/mol. The summed E-state index contributed by atoms with van der Waals surface area (Å²) in [5, 5.41) is 6.58. The minimum Gasteiger partial charge on any atom is -0.343 e. The highest BCUT2D eigenvalue weighted by Crippen LogP contribution is 2.43. The average Bonchev–Trinajstić information content (AvgIpc) is 3.04. The number of H-pyrrole nitrogens is 1. The van der Waals surface area contributed by atoms with Gasteiger partial charge in [-0.2, -0.15) is 0 Å². The van der Waals surface area contributed by atoms with Crippen LogP contribution in [0.3, 0.4) is 0 Å². The number of hydrogen-bond donors (Lipinski definition) is 2. The first-order valence-corrected chi connectivity index (χ1v) is 9.63. The minimum atomic E-state index is -0.339. The second-order valence-electron chi connectivity index (χ2n) is 7.51. The van der Waals surface area contributed by atoms with Gasteiger partial charge < -0.3 is 5.32 Å². The number of aryl methyl sites for hydroxylation is 1. The van der Waals surface area contributed by atoms with Crippen molar-refractivity contribution < 1.29 is 4.79 Å². The maximum atomic E-state index is 13.4. The second kappa shape index (κ2) is 6.37. The number of nitrogens with zero attached hydrogens (tertiary/aromatic N) is 1. The van der Waals surface area contributed by atoms with E-state index in [1.807, 2.05) is 61.5 Å². The molecule has 5 rings (SSSR count). The first-order valence-electron chi connectivity index (χ1n) is 9.63. The van der Waals surface area contributed by atoms with Gasteiger partial charge in [0, 0.05) is 23.6 Å². The molecule has 0 saturated carbocycles. The maximum Gasteiger partial charge on any atom is 0.277 e. The van der Waals surface area contributed by atoms with Crippen LogP contribution >= 0.6 is 0 Å². The molecule has 1 aliphatic heterocycles. The van der Waals surface area contributed by atoms with Gasteiger partial charge in [-0.15, -0.1) is 0 Å². The van der Waals surface area contributed by atoms with E-state index in [1.165, 1.54) is 0 Å². The summed E-state index contributed by atoms with van der Waals surface area (Å²) in [6, 6.07) is 17.6. The number of aromatic nitrogens is 2. The highest BCUT2D eigenvalue weighted by Gasteiger charge is 2.38. The molecule has 0 unspecified atom stereocenters. The number of rotatable bonds is 2. The smallest absolute Gasteiger partial charge is 0.277 e. The van der Waals surface area contributed by atoms with E-state index >= 15 is 0 Å². The van der Waals surface area contributed by atoms with Crippen molar-refractivity contribution in [3.8, 4) is 5.69 Å². The van der Waals surface area contributed by atoms with Crippen molar-refractivity contribution in [1.29, 1.82) is 0 Å². The third kappa shape index (κ3) is 2.54. The Hall–Kier alpha value is -3.34. The molecule has 2 N–H and O–H groups in total. The van der Waals surface area contributed by atoms with Gasteiger partial charge in [0.25, 0.3) is 5.56 Å². The highest BCUT2D eigenvalue weighted by molar-refractivity contribution is 6.00. The van der Waals surface area contributed by atoms with Gasteiger partial charge >= 0.3 is 0 Å². The fourth-order valence-corrected chi connectivity index (χ4v) is 4.29. The van der Waals surface area contributed by atoms with Crippen molar-refractivity contribution >= 4 is 11.6 Å². The van der Waals surface area contributed by atoms with Crippen LogP contribution in [0.1, 0.15) is 41.9 Å². The molecule has 0 amide bonds. The first-order chi connectivity index (χ1) is 13.6. The van der Waals surface area contributed by atoms with Crippen LogP contribution < -0.4 is 10.9 Å². The fraction of sp³-hybridized carbons (Fsp3) is 0.217. The van der Waals surface area contributed by atoms with Crippen LogP contribution in [-0.4, -0.2) is 15.6 Å². The van der Waals surface area contributed by atoms with Crippen LogP contribution in [0.4, 0.5) is 5.82 Å². The Labute approximate surface area is 162 Å². The molecule has 1 atom stereocenters. The number of aromatic amines is 1. The van der Waals surface area contributed by atoms with Crippen LogP contribution in [0.25, 0.3) is 5.69 Å². The number of fused-ring (bicyclic) bond motifs is 1. The quantitative estimate of drug-likeness (QED) is 0.714. The summed E-state index contributed by atoms with van der Waals surface area (Å²) < 4.78 is 1.56. The van der Waals surface area contributed by atoms with Gasteiger partial charge in [0.2, 0.25) is 0 Å². The van der Waals surface area contributed by atoms with Gasteiger partial charge in [0.1, 0.15) is 5.82 Å². The van der Waals surface area contributed by atoms with E-state index in [4.69, 9.17) is 0 Å². The van der Waals surface area contributed by atoms with E-state index in [2.05, 4.69) is 10.4 Å². The van der Waals surface area contributed by atoms with Crippen LogP contribution in [0.2, 0.25) is 0 Å². The Morgan fingerprint density at radius 2 is 1.71 bits per heavy atom. The Morgan fingerprint density at radius 1 is 0.964 bits per heavy atom. The molecule has 0 saturated heterocycles. The van der Waals surface area contributed by atoms with E-state index in [1.54, 1.807) is 4.68 Å². The second-order valence-corrected chi connectivity index (χ2v) is 7.51. The molecule has 0 fully saturated rings. The number of allylic oxidation sites excluding steroid dienone is 2. The molecular formula is C23H21N3O2. The summed E-state index contributed by atoms with van der Waals surface area (Å²) in [5.41, 5.74) is 5.08. The summed E-state index contributed by atoms with van der Waals surface area (Å²) in [6.07, 6.45) is 2.20. The molecule has 1 aliphatic carbocycles. The lowest BCUT2D eigenvalue weighted by molar-refractivity contribution is -0.116. The maximum absolute atomic E-state index is 13.4. The predicted octanol–water partition coefficient (Wildman–Crippen LogP) is 4.04. The zero-order valence-electron chi connectivity index (χ0n) is 15.7. The lowest BCUT2D eigenvalue weighted by Crippen LogP contribution is -2.29. The first kappa shape index (κ1) is 16.8. The summed E-state index contributed by atoms with van der Waals surface area (Å²) >= 11 is 0. The number of anilines is 1. The summed E-state index contributed by atoms with van der Waals surface area (Å²) in [4.78, 5) is 26.3. The van der Waals surface area contributed by atoms with Gasteiger partial charge in [-0.3, -0.25) is 14.7 Å². The van der Waals surface area contributed by atoms with E-state index in [0.717, 1.165) is 40.9 Å². The van der Waals surface area contributed by atoms with E-state index in [9.17, 15) is 9.59 Å². The summed E-state index contributed by atoms with van der Waals surface area (Å²) in [7, 11) is 0. The normalized spacial score (nSPS) is 18.5. The molecule has 1 aromatic heterocycles. The number of nitrogens with one attached hydrogen (secondary N) is 2. The van der Waals surface area contributed by atoms with Gasteiger partial charge in [0.05, 0.1) is 11.3 Å². The molecule has 2 heterocycles. The number of ketones is 1. The fourth-order valence-electron chi connectivity index (χ4n) is 4.29. The van der Waals surface area contributed by atoms with Crippen molar-refractivity contribution in [3.63, 3.8) is 0 Å². The number of carbonyl (C=O) groups is 1. The van der Waals surface area contributed by atoms with Crippen molar-refractivity contribution in [3.05, 3.63) is 92.9 Å². The molecule has 5 heteroatoms. The highest BCUT2D eigenvalue weighted by atomic mass is 16.1. The molecule has 0 radical (unpaired) electrons. The third-order valence-corrected chi connectivity index (χ3v) is 5.66. The standard InChI is InChI=1S/C23H21N3O2/c1-14-10-12-15(13-11-14)19-20-17(8-5-9-18(20)27)24-22-21(19)23(28)26(25-22)16-6-3-2-4-7-16/h2-4,6-7,10-13,19,24-25H,5,8-9H2,1H3/t19-/m1/s1. The molecule has 5 nitrogen and oxygen atoms in total. The molecule has 2 aliphatic rings. The van der Waals surface area contributed by atoms with Gasteiger partial charge in [-0.25, -0.2) is 4.68 Å². The van der Waals surface area contributed by atoms with E-state index < -0.39 is 0 Å². The van der Waals surface area contributed by atoms with Gasteiger partial charge in [0.15, 0.2) is 5.78 Å². The molecule has 2 aromatic carbocycles. The van der Waals surface area contributed by atoms with Gasteiger partial charge in [-0.05, 0) is 37.5 Å². The van der Waals surface area contributed by atoms with Crippen molar-refractivity contribution in [1.82, 2.24) is 9.78 Å². The number of para-hydroxylation sites is 1. The molecule has 0 bridgehead atoms. The molecule has 3 aromatic rings. The lowest BCUT2D eigenvalue weighted by Gasteiger charge is -2.31. The van der Waals surface area contributed by atoms with Crippen LogP contribution in [0.5, 0.6) is 0 Å². The third-order valence-electron chi connectivity index (χ3n) is 5.66. The van der Waals surface area contributed by atoms with Gasteiger partial charge in [-0.1, -0.05) is 48.0 Å². The Morgan fingerprint density at radius 3 is 2.46 bits per heavy atom. The topological polar surface area (TPSA) is 66.9 Å². The zero-order valence-corrected chi connectivity index (χ0v) is 15.7. The van der Waals surface area contributed by atoms with Crippen molar-refractivity contribution in [2.45, 2.75) is 32.1 Å². The van der Waals surface area contributed by atoms with Crippen LogP contribution in [0, 0.1) is 6.92 Å². The van der Waals surface area contributed by atoms with E-state index in [0.29, 0.717) is 17.8 Å². The molecule has 140 valence electrons. The predicted molar refractivity (Wildman–Crippen MR) is 109 cm³/mol. The van der Waals surface area contributed by atoms with Crippen LogP contribution in [-0.2, 0) is 4.79 Å². The minimum absolute atomic E-state index is 0.121. The molecular weight excluding hydrogens is 350 g/mol. The van der Waals surface area contributed by atoms with E-state index in [-0.39, 0.29) is 17.3 Å². The Balaban J connectivity index is 1.75. The SMILES string of the molecule is Cc1ccc([C@@H]2C3=C(CCCC3=O)Nc3[nH]n(-c4ccccc4)c(=O)c32)cc1. The number of hydrogen-bond acceptors (Lipinski definition) is 3. The van der Waals surface area contributed by atoms with Crippen molar-refractivity contribution in [2.24, 2.45) is 0 Å². The lowest BCUT2D eigenvalue weighted by atomic mass is 9.77. The van der Waals surface area contributed by atoms with Crippen molar-refractivity contribution in [2.75, 3.05) is 5.32 Å². The summed E-state index contributed by atoms with van der Waals surface area (Å²) in [6.45, 7) is 2.03. The molecule has 28 heavy (non-hydrogen) atoms. The Bertz CT molecular complexity index is 1150. The summed E-state index contributed by atoms with van der Waals surface area (Å²) in [5.74, 6) is 0.484.